The van der Waals surface area contributed by atoms with Crippen LogP contribution in [0, 0.1) is 3.57 Å². The number of ether oxygens (including phenoxy) is 1. The van der Waals surface area contributed by atoms with Crippen molar-refractivity contribution in [2.45, 2.75) is 13.2 Å². The Labute approximate surface area is 134 Å². The van der Waals surface area contributed by atoms with Gasteiger partial charge in [0, 0.05) is 20.8 Å². The fourth-order valence-electron chi connectivity index (χ4n) is 1.62. The Morgan fingerprint density at radius 2 is 1.85 bits per heavy atom. The van der Waals surface area contributed by atoms with Gasteiger partial charge in [-0.05, 0) is 58.5 Å². The molecule has 0 heterocycles. The molecule has 0 fully saturated rings. The van der Waals surface area contributed by atoms with Gasteiger partial charge < -0.3 is 10.1 Å². The number of benzene rings is 2. The summed E-state index contributed by atoms with van der Waals surface area (Å²) in [6, 6.07) is 12.1. The van der Waals surface area contributed by atoms with Crippen LogP contribution in [0.2, 0.25) is 5.02 Å². The summed E-state index contributed by atoms with van der Waals surface area (Å²) in [5.74, 6) is 0.157. The quantitative estimate of drug-likeness (QED) is 0.689. The van der Waals surface area contributed by atoms with Crippen LogP contribution in [0.5, 0.6) is 5.75 Å². The highest BCUT2D eigenvalue weighted by molar-refractivity contribution is 14.1. The summed E-state index contributed by atoms with van der Waals surface area (Å²) in [6.07, 6.45) is 0. The van der Waals surface area contributed by atoms with Gasteiger partial charge in [0.1, 0.15) is 5.75 Å². The third-order valence-corrected chi connectivity index (χ3v) is 3.69. The van der Waals surface area contributed by atoms with Crippen molar-refractivity contribution < 1.29 is 13.5 Å². The van der Waals surface area contributed by atoms with Gasteiger partial charge in [-0.3, -0.25) is 0 Å². The lowest BCUT2D eigenvalue weighted by Gasteiger charge is -2.10. The van der Waals surface area contributed by atoms with Gasteiger partial charge in [-0.15, -0.1) is 0 Å². The number of hydrogen-bond acceptors (Lipinski definition) is 2. The summed E-state index contributed by atoms with van der Waals surface area (Å²) >= 11 is 8.08. The summed E-state index contributed by atoms with van der Waals surface area (Å²) in [4.78, 5) is 0. The number of nitrogens with one attached hydrogen (secondary N) is 1. The molecule has 2 nitrogen and oxygen atoms in total. The van der Waals surface area contributed by atoms with E-state index in [2.05, 4.69) is 32.6 Å². The molecule has 2 aromatic carbocycles. The van der Waals surface area contributed by atoms with Gasteiger partial charge in [0.05, 0.1) is 0 Å². The van der Waals surface area contributed by atoms with Crippen molar-refractivity contribution in [3.8, 4) is 5.75 Å². The minimum absolute atomic E-state index is 0.157. The second kappa shape index (κ2) is 7.08. The van der Waals surface area contributed by atoms with E-state index in [0.29, 0.717) is 11.6 Å². The van der Waals surface area contributed by atoms with Gasteiger partial charge in [-0.1, -0.05) is 23.7 Å². The van der Waals surface area contributed by atoms with Crippen LogP contribution in [0.3, 0.4) is 0 Å². The molecule has 0 radical (unpaired) electrons. The Hall–Kier alpha value is -1.08. The first kappa shape index (κ1) is 15.3. The molecule has 20 heavy (non-hydrogen) atoms. The molecular formula is C14H11ClF2INO. The third kappa shape index (κ3) is 4.49. The largest absolute Gasteiger partial charge is 0.435 e. The fraction of sp³-hybridized carbons (Fsp3) is 0.143. The molecule has 0 bridgehead atoms. The van der Waals surface area contributed by atoms with Crippen LogP contribution in [-0.2, 0) is 6.54 Å². The summed E-state index contributed by atoms with van der Waals surface area (Å²) in [7, 11) is 0. The molecule has 106 valence electrons. The summed E-state index contributed by atoms with van der Waals surface area (Å²) in [6.45, 7) is -2.21. The molecule has 6 heteroatoms. The van der Waals surface area contributed by atoms with Crippen molar-refractivity contribution >= 4 is 39.9 Å². The van der Waals surface area contributed by atoms with Crippen molar-refractivity contribution in [2.75, 3.05) is 5.32 Å². The van der Waals surface area contributed by atoms with Crippen LogP contribution in [-0.4, -0.2) is 6.61 Å². The first-order chi connectivity index (χ1) is 9.54. The molecule has 0 atom stereocenters. The van der Waals surface area contributed by atoms with Crippen LogP contribution in [0.1, 0.15) is 5.56 Å². The molecule has 0 unspecified atom stereocenters. The number of alkyl halides is 2. The Bertz CT molecular complexity index is 578. The molecule has 1 N–H and O–H groups in total. The van der Waals surface area contributed by atoms with Crippen LogP contribution in [0.25, 0.3) is 0 Å². The normalized spacial score (nSPS) is 10.7. The fourth-order valence-corrected chi connectivity index (χ4v) is 2.68. The van der Waals surface area contributed by atoms with E-state index in [-0.39, 0.29) is 5.75 Å². The first-order valence-electron chi connectivity index (χ1n) is 5.77. The van der Waals surface area contributed by atoms with Gasteiger partial charge in [0.2, 0.25) is 0 Å². The number of hydrogen-bond donors (Lipinski definition) is 1. The standard InChI is InChI=1S/C14H11ClF2INO/c15-10-3-6-13(12(18)7-10)19-8-9-1-4-11(5-2-9)20-14(16)17/h1-7,14,19H,8H2. The minimum Gasteiger partial charge on any atom is -0.435 e. The van der Waals surface area contributed by atoms with E-state index in [0.717, 1.165) is 14.8 Å². The molecular weight excluding hydrogens is 399 g/mol. The Morgan fingerprint density at radius 1 is 1.15 bits per heavy atom. The Morgan fingerprint density at radius 3 is 2.45 bits per heavy atom. The number of anilines is 1. The monoisotopic (exact) mass is 409 g/mol. The third-order valence-electron chi connectivity index (χ3n) is 2.56. The number of rotatable bonds is 5. The van der Waals surface area contributed by atoms with Crippen molar-refractivity contribution in [3.63, 3.8) is 0 Å². The molecule has 0 aliphatic rings. The summed E-state index contributed by atoms with van der Waals surface area (Å²) < 4.78 is 29.4. The van der Waals surface area contributed by atoms with Gasteiger partial charge in [0.25, 0.3) is 0 Å². The van der Waals surface area contributed by atoms with E-state index in [4.69, 9.17) is 11.6 Å². The zero-order chi connectivity index (χ0) is 14.5. The second-order valence-electron chi connectivity index (χ2n) is 4.00. The van der Waals surface area contributed by atoms with Gasteiger partial charge in [-0.25, -0.2) is 0 Å². The summed E-state index contributed by atoms with van der Waals surface area (Å²) in [5.41, 5.74) is 1.94. The molecule has 0 amide bonds. The van der Waals surface area contributed by atoms with Crippen molar-refractivity contribution in [1.29, 1.82) is 0 Å². The molecule has 0 saturated carbocycles. The molecule has 0 aromatic heterocycles. The lowest BCUT2D eigenvalue weighted by molar-refractivity contribution is -0.0498. The van der Waals surface area contributed by atoms with E-state index in [9.17, 15) is 8.78 Å². The Kier molecular flexibility index (Phi) is 5.42. The molecule has 2 rings (SSSR count). The predicted molar refractivity (Wildman–Crippen MR) is 84.6 cm³/mol. The predicted octanol–water partition coefficient (Wildman–Crippen LogP) is 5.16. The first-order valence-corrected chi connectivity index (χ1v) is 7.23. The zero-order valence-corrected chi connectivity index (χ0v) is 13.2. The SMILES string of the molecule is FC(F)Oc1ccc(CNc2ccc(Cl)cc2I)cc1. The Balaban J connectivity index is 1.96. The van der Waals surface area contributed by atoms with Crippen LogP contribution >= 0.6 is 34.2 Å². The smallest absolute Gasteiger partial charge is 0.387 e. The molecule has 0 aliphatic heterocycles. The maximum atomic E-state index is 12.0. The molecule has 0 aliphatic carbocycles. The lowest BCUT2D eigenvalue weighted by atomic mass is 10.2. The molecule has 2 aromatic rings. The second-order valence-corrected chi connectivity index (χ2v) is 5.60. The average Bonchev–Trinajstić information content (AvgIpc) is 2.39. The van der Waals surface area contributed by atoms with E-state index in [1.54, 1.807) is 12.1 Å². The maximum Gasteiger partial charge on any atom is 0.387 e. The highest BCUT2D eigenvalue weighted by atomic mass is 127. The highest BCUT2D eigenvalue weighted by Crippen LogP contribution is 2.23. The average molecular weight is 410 g/mol. The minimum atomic E-state index is -2.80. The van der Waals surface area contributed by atoms with E-state index in [1.807, 2.05) is 18.2 Å². The van der Waals surface area contributed by atoms with Crippen molar-refractivity contribution in [3.05, 3.63) is 56.6 Å². The summed E-state index contributed by atoms with van der Waals surface area (Å²) in [5, 5.41) is 3.95. The molecule has 0 spiro atoms. The van der Waals surface area contributed by atoms with E-state index in [1.165, 1.54) is 12.1 Å². The number of halogens is 4. The van der Waals surface area contributed by atoms with Gasteiger partial charge in [-0.2, -0.15) is 8.78 Å². The van der Waals surface area contributed by atoms with Crippen LogP contribution in [0.4, 0.5) is 14.5 Å². The van der Waals surface area contributed by atoms with Crippen molar-refractivity contribution in [1.82, 2.24) is 0 Å². The van der Waals surface area contributed by atoms with Crippen LogP contribution < -0.4 is 10.1 Å². The zero-order valence-electron chi connectivity index (χ0n) is 10.2. The van der Waals surface area contributed by atoms with Crippen LogP contribution in [0.15, 0.2) is 42.5 Å². The van der Waals surface area contributed by atoms with E-state index < -0.39 is 6.61 Å². The lowest BCUT2D eigenvalue weighted by Crippen LogP contribution is -2.03. The topological polar surface area (TPSA) is 21.3 Å². The molecule has 0 saturated heterocycles. The van der Waals surface area contributed by atoms with Gasteiger partial charge >= 0.3 is 6.61 Å². The van der Waals surface area contributed by atoms with E-state index >= 15 is 0 Å². The van der Waals surface area contributed by atoms with Crippen molar-refractivity contribution in [2.24, 2.45) is 0 Å². The maximum absolute atomic E-state index is 12.0. The highest BCUT2D eigenvalue weighted by Gasteiger charge is 2.04. The van der Waals surface area contributed by atoms with Gasteiger partial charge in [0.15, 0.2) is 0 Å².